The summed E-state index contributed by atoms with van der Waals surface area (Å²) in [5.41, 5.74) is 1.17. The van der Waals surface area contributed by atoms with Gasteiger partial charge in [-0.15, -0.1) is 0 Å². The predicted molar refractivity (Wildman–Crippen MR) is 96.5 cm³/mol. The van der Waals surface area contributed by atoms with Gasteiger partial charge in [-0.1, -0.05) is 24.1 Å². The zero-order valence-corrected chi connectivity index (χ0v) is 15.3. The Kier molecular flexibility index (Phi) is 9.96. The summed E-state index contributed by atoms with van der Waals surface area (Å²) in [5, 5.41) is 15.5. The third kappa shape index (κ3) is 9.31. The number of unbranched alkanes of at least 4 members (excludes halogenated alkanes) is 1. The molecular weight excluding hydrogens is 346 g/mol. The van der Waals surface area contributed by atoms with E-state index in [9.17, 15) is 0 Å². The van der Waals surface area contributed by atoms with E-state index in [1.54, 1.807) is 0 Å². The number of carboxylic acids is 2. The van der Waals surface area contributed by atoms with Gasteiger partial charge >= 0.3 is 11.9 Å². The molecule has 2 N–H and O–H groups in total. The number of carbonyl (C=O) groups is 2. The van der Waals surface area contributed by atoms with Gasteiger partial charge < -0.3 is 19.8 Å². The van der Waals surface area contributed by atoms with Crippen molar-refractivity contribution < 1.29 is 24.5 Å². The number of hydrogen-bond donors (Lipinski definition) is 2. The third-order valence-electron chi connectivity index (χ3n) is 3.85. The second kappa shape index (κ2) is 11.7. The number of halogens is 1. The average molecular weight is 372 g/mol. The molecule has 2 rings (SSSR count). The molecule has 0 radical (unpaired) electrons. The smallest absolute Gasteiger partial charge is 0.414 e. The minimum Gasteiger partial charge on any atom is -0.492 e. The van der Waals surface area contributed by atoms with Crippen molar-refractivity contribution in [1.29, 1.82) is 0 Å². The number of likely N-dealkylation sites (tertiary alicyclic amines) is 1. The molecule has 0 spiro atoms. The van der Waals surface area contributed by atoms with E-state index in [-0.39, 0.29) is 0 Å². The molecule has 0 bridgehead atoms. The molecule has 0 unspecified atom stereocenters. The van der Waals surface area contributed by atoms with E-state index in [4.69, 9.17) is 36.1 Å². The minimum absolute atomic E-state index is 0.719. The highest BCUT2D eigenvalue weighted by Crippen LogP contribution is 2.25. The van der Waals surface area contributed by atoms with Gasteiger partial charge in [0.2, 0.25) is 0 Å². The molecule has 1 aliphatic heterocycles. The molecule has 7 heteroatoms. The lowest BCUT2D eigenvalue weighted by molar-refractivity contribution is -0.159. The van der Waals surface area contributed by atoms with E-state index >= 15 is 0 Å². The van der Waals surface area contributed by atoms with Gasteiger partial charge in [-0.3, -0.25) is 0 Å². The van der Waals surface area contributed by atoms with Gasteiger partial charge in [0, 0.05) is 0 Å². The molecule has 1 saturated heterocycles. The summed E-state index contributed by atoms with van der Waals surface area (Å²) in [6.07, 6.45) is 6.46. The molecule has 1 aromatic carbocycles. The first-order chi connectivity index (χ1) is 11.9. The van der Waals surface area contributed by atoms with Crippen LogP contribution < -0.4 is 4.74 Å². The van der Waals surface area contributed by atoms with E-state index in [1.807, 2.05) is 25.1 Å². The highest BCUT2D eigenvalue weighted by atomic mass is 35.5. The van der Waals surface area contributed by atoms with E-state index in [0.717, 1.165) is 23.8 Å². The number of carboxylic acid groups (broad SMARTS) is 2. The standard InChI is InChI=1S/C16H24ClNO.C2H2O4/c1-14-7-8-16(15(17)13-14)19-12-6-5-11-18-9-3-2-4-10-18;3-1(4)2(5)6/h7-8,13H,2-6,9-12H2,1H3;(H,3,4)(H,5,6). The molecule has 0 amide bonds. The van der Waals surface area contributed by atoms with E-state index in [2.05, 4.69) is 4.90 Å². The van der Waals surface area contributed by atoms with Gasteiger partial charge in [0.1, 0.15) is 5.75 Å². The molecule has 25 heavy (non-hydrogen) atoms. The van der Waals surface area contributed by atoms with Crippen molar-refractivity contribution >= 4 is 23.5 Å². The number of rotatable bonds is 6. The summed E-state index contributed by atoms with van der Waals surface area (Å²) in [6, 6.07) is 5.95. The number of hydrogen-bond acceptors (Lipinski definition) is 4. The molecule has 1 aliphatic rings. The summed E-state index contributed by atoms with van der Waals surface area (Å²) < 4.78 is 5.73. The van der Waals surface area contributed by atoms with Crippen LogP contribution in [-0.4, -0.2) is 53.3 Å². The fourth-order valence-corrected chi connectivity index (χ4v) is 2.82. The summed E-state index contributed by atoms with van der Waals surface area (Å²) in [5.74, 6) is -2.84. The van der Waals surface area contributed by atoms with Crippen LogP contribution >= 0.6 is 11.6 Å². The Hall–Kier alpha value is -1.79. The minimum atomic E-state index is -1.82. The fraction of sp³-hybridized carbons (Fsp3) is 0.556. The molecule has 0 aliphatic carbocycles. The molecule has 0 saturated carbocycles. The third-order valence-corrected chi connectivity index (χ3v) is 4.14. The van der Waals surface area contributed by atoms with Crippen LogP contribution in [0.1, 0.15) is 37.7 Å². The molecule has 140 valence electrons. The van der Waals surface area contributed by atoms with Crippen LogP contribution in [0.25, 0.3) is 0 Å². The topological polar surface area (TPSA) is 87.1 Å². The van der Waals surface area contributed by atoms with Gasteiger partial charge in [0.25, 0.3) is 0 Å². The zero-order valence-electron chi connectivity index (χ0n) is 14.5. The van der Waals surface area contributed by atoms with Crippen LogP contribution in [0.15, 0.2) is 18.2 Å². The lowest BCUT2D eigenvalue weighted by Gasteiger charge is -2.26. The van der Waals surface area contributed by atoms with Gasteiger partial charge in [-0.2, -0.15) is 0 Å². The lowest BCUT2D eigenvalue weighted by Crippen LogP contribution is -2.30. The molecule has 1 heterocycles. The number of aliphatic carboxylic acids is 2. The Balaban J connectivity index is 0.000000450. The zero-order chi connectivity index (χ0) is 18.7. The normalized spacial score (nSPS) is 14.3. The van der Waals surface area contributed by atoms with Crippen molar-refractivity contribution in [3.8, 4) is 5.75 Å². The highest BCUT2D eigenvalue weighted by Gasteiger charge is 2.09. The van der Waals surface area contributed by atoms with Crippen molar-refractivity contribution in [3.63, 3.8) is 0 Å². The van der Waals surface area contributed by atoms with Crippen molar-refractivity contribution in [3.05, 3.63) is 28.8 Å². The Morgan fingerprint density at radius 3 is 2.32 bits per heavy atom. The number of piperidine rings is 1. The molecule has 1 aromatic rings. The van der Waals surface area contributed by atoms with Crippen molar-refractivity contribution in [2.45, 2.75) is 39.0 Å². The Morgan fingerprint density at radius 2 is 1.76 bits per heavy atom. The van der Waals surface area contributed by atoms with Crippen LogP contribution in [0.4, 0.5) is 0 Å². The number of ether oxygens (including phenoxy) is 1. The summed E-state index contributed by atoms with van der Waals surface area (Å²) in [6.45, 7) is 6.57. The number of aryl methyl sites for hydroxylation is 1. The van der Waals surface area contributed by atoms with Crippen LogP contribution in [-0.2, 0) is 9.59 Å². The molecule has 6 nitrogen and oxygen atoms in total. The second-order valence-corrected chi connectivity index (χ2v) is 6.41. The summed E-state index contributed by atoms with van der Waals surface area (Å²) in [4.78, 5) is 20.8. The average Bonchev–Trinajstić information content (AvgIpc) is 2.58. The fourth-order valence-electron chi connectivity index (χ4n) is 2.53. The number of benzene rings is 1. The largest absolute Gasteiger partial charge is 0.492 e. The SMILES string of the molecule is Cc1ccc(OCCCCN2CCCCC2)c(Cl)c1.O=C(O)C(=O)O. The monoisotopic (exact) mass is 371 g/mol. The molecule has 0 aromatic heterocycles. The first kappa shape index (κ1) is 21.3. The number of nitrogens with zero attached hydrogens (tertiary/aromatic N) is 1. The van der Waals surface area contributed by atoms with Crippen LogP contribution in [0.3, 0.4) is 0 Å². The maximum Gasteiger partial charge on any atom is 0.414 e. The Morgan fingerprint density at radius 1 is 1.12 bits per heavy atom. The lowest BCUT2D eigenvalue weighted by atomic mass is 10.1. The van der Waals surface area contributed by atoms with E-state index in [1.165, 1.54) is 50.9 Å². The van der Waals surface area contributed by atoms with Gasteiger partial charge in [0.15, 0.2) is 0 Å². The molecular formula is C18H26ClNO5. The quantitative estimate of drug-likeness (QED) is 0.588. The van der Waals surface area contributed by atoms with E-state index in [0.29, 0.717) is 0 Å². The summed E-state index contributed by atoms with van der Waals surface area (Å²) >= 11 is 6.13. The van der Waals surface area contributed by atoms with Crippen LogP contribution in [0.5, 0.6) is 5.75 Å². The van der Waals surface area contributed by atoms with Crippen molar-refractivity contribution in [2.24, 2.45) is 0 Å². The van der Waals surface area contributed by atoms with Gasteiger partial charge in [-0.25, -0.2) is 9.59 Å². The van der Waals surface area contributed by atoms with Crippen molar-refractivity contribution in [2.75, 3.05) is 26.2 Å². The predicted octanol–water partition coefficient (Wildman–Crippen LogP) is 3.45. The van der Waals surface area contributed by atoms with E-state index < -0.39 is 11.9 Å². The van der Waals surface area contributed by atoms with Gasteiger partial charge in [0.05, 0.1) is 11.6 Å². The van der Waals surface area contributed by atoms with Crippen LogP contribution in [0, 0.1) is 6.92 Å². The molecule has 0 atom stereocenters. The maximum atomic E-state index is 9.10. The Bertz CT molecular complexity index is 546. The maximum absolute atomic E-state index is 9.10. The second-order valence-electron chi connectivity index (χ2n) is 6.00. The first-order valence-electron chi connectivity index (χ1n) is 8.47. The highest BCUT2D eigenvalue weighted by molar-refractivity contribution is 6.32. The van der Waals surface area contributed by atoms with Gasteiger partial charge in [-0.05, 0) is 69.9 Å². The van der Waals surface area contributed by atoms with Crippen LogP contribution in [0.2, 0.25) is 5.02 Å². The van der Waals surface area contributed by atoms with Crippen molar-refractivity contribution in [1.82, 2.24) is 4.90 Å². The Labute approximate surface area is 153 Å². The molecule has 1 fully saturated rings. The summed E-state index contributed by atoms with van der Waals surface area (Å²) in [7, 11) is 0. The first-order valence-corrected chi connectivity index (χ1v) is 8.85.